The Morgan fingerprint density at radius 3 is 2.39 bits per heavy atom. The second-order valence-electron chi connectivity index (χ2n) is 3.67. The summed E-state index contributed by atoms with van der Waals surface area (Å²) in [5, 5.41) is 0.602. The second-order valence-corrected chi connectivity index (χ2v) is 4.34. The van der Waals surface area contributed by atoms with Gasteiger partial charge in [-0.15, -0.1) is 11.6 Å². The van der Waals surface area contributed by atoms with Crippen LogP contribution in [0.1, 0.15) is 5.56 Å². The van der Waals surface area contributed by atoms with E-state index in [1.807, 2.05) is 36.4 Å². The lowest BCUT2D eigenvalue weighted by Gasteiger charge is -2.08. The molecule has 2 aromatic rings. The van der Waals surface area contributed by atoms with E-state index in [-0.39, 0.29) is 0 Å². The van der Waals surface area contributed by atoms with Crippen molar-refractivity contribution in [3.8, 4) is 17.2 Å². The van der Waals surface area contributed by atoms with E-state index in [2.05, 4.69) is 0 Å². The number of hydrogen-bond acceptors (Lipinski definition) is 2. The van der Waals surface area contributed by atoms with Crippen LogP contribution < -0.4 is 9.47 Å². The zero-order chi connectivity index (χ0) is 13.0. The van der Waals surface area contributed by atoms with Crippen LogP contribution in [-0.2, 0) is 5.88 Å². The summed E-state index contributed by atoms with van der Waals surface area (Å²) in [5.74, 6) is 2.50. The van der Waals surface area contributed by atoms with Crippen molar-refractivity contribution in [1.82, 2.24) is 0 Å². The van der Waals surface area contributed by atoms with Crippen molar-refractivity contribution in [3.05, 3.63) is 53.1 Å². The van der Waals surface area contributed by atoms with Crippen LogP contribution >= 0.6 is 23.2 Å². The maximum atomic E-state index is 6.07. The van der Waals surface area contributed by atoms with Crippen molar-refractivity contribution in [1.29, 1.82) is 0 Å². The highest BCUT2D eigenvalue weighted by molar-refractivity contribution is 6.32. The first-order valence-electron chi connectivity index (χ1n) is 5.39. The van der Waals surface area contributed by atoms with Gasteiger partial charge in [0.25, 0.3) is 0 Å². The lowest BCUT2D eigenvalue weighted by Crippen LogP contribution is -1.88. The van der Waals surface area contributed by atoms with E-state index in [4.69, 9.17) is 32.7 Å². The molecule has 0 fully saturated rings. The Hall–Kier alpha value is -1.38. The Morgan fingerprint density at radius 2 is 1.72 bits per heavy atom. The third-order valence-electron chi connectivity index (χ3n) is 2.45. The third kappa shape index (κ3) is 3.09. The first kappa shape index (κ1) is 13.1. The summed E-state index contributed by atoms with van der Waals surface area (Å²) in [4.78, 5) is 0. The third-order valence-corrected chi connectivity index (χ3v) is 3.09. The molecule has 0 atom stereocenters. The van der Waals surface area contributed by atoms with Crippen LogP contribution in [0.15, 0.2) is 42.5 Å². The van der Waals surface area contributed by atoms with Crippen LogP contribution in [0.3, 0.4) is 0 Å². The Balaban J connectivity index is 2.20. The minimum absolute atomic E-state index is 0.387. The predicted octanol–water partition coefficient (Wildman–Crippen LogP) is 4.88. The molecule has 2 aromatic carbocycles. The van der Waals surface area contributed by atoms with Gasteiger partial charge in [-0.05, 0) is 29.8 Å². The molecule has 0 unspecified atom stereocenters. The van der Waals surface area contributed by atoms with Crippen LogP contribution in [0.2, 0.25) is 5.02 Å². The highest BCUT2D eigenvalue weighted by Gasteiger charge is 2.03. The number of alkyl halides is 1. The second kappa shape index (κ2) is 5.98. The molecular weight excluding hydrogens is 271 g/mol. The van der Waals surface area contributed by atoms with Gasteiger partial charge in [-0.3, -0.25) is 0 Å². The van der Waals surface area contributed by atoms with Crippen molar-refractivity contribution >= 4 is 23.2 Å². The first-order valence-corrected chi connectivity index (χ1v) is 6.30. The highest BCUT2D eigenvalue weighted by Crippen LogP contribution is 2.29. The van der Waals surface area contributed by atoms with Gasteiger partial charge in [0.1, 0.15) is 17.2 Å². The molecule has 0 aliphatic heterocycles. The van der Waals surface area contributed by atoms with E-state index < -0.39 is 0 Å². The fourth-order valence-corrected chi connectivity index (χ4v) is 2.04. The van der Waals surface area contributed by atoms with Gasteiger partial charge >= 0.3 is 0 Å². The molecule has 0 aliphatic rings. The molecule has 0 aromatic heterocycles. The molecule has 18 heavy (non-hydrogen) atoms. The Bertz CT molecular complexity index is 541. The van der Waals surface area contributed by atoms with Crippen molar-refractivity contribution in [2.24, 2.45) is 0 Å². The van der Waals surface area contributed by atoms with E-state index in [1.54, 1.807) is 13.2 Å². The topological polar surface area (TPSA) is 18.5 Å². The van der Waals surface area contributed by atoms with Gasteiger partial charge in [-0.1, -0.05) is 23.7 Å². The lowest BCUT2D eigenvalue weighted by atomic mass is 10.2. The number of rotatable bonds is 4. The highest BCUT2D eigenvalue weighted by atomic mass is 35.5. The van der Waals surface area contributed by atoms with E-state index in [0.717, 1.165) is 11.3 Å². The normalized spacial score (nSPS) is 10.2. The van der Waals surface area contributed by atoms with Gasteiger partial charge in [-0.25, -0.2) is 0 Å². The molecule has 0 N–H and O–H groups in total. The molecule has 2 rings (SSSR count). The molecular formula is C14H12Cl2O2. The molecule has 0 bridgehead atoms. The van der Waals surface area contributed by atoms with Crippen LogP contribution in [-0.4, -0.2) is 7.11 Å². The number of ether oxygens (including phenoxy) is 2. The minimum atomic E-state index is 0.387. The summed E-state index contributed by atoms with van der Waals surface area (Å²) in [6.45, 7) is 0. The standard InChI is InChI=1S/C14H12Cl2O2/c1-17-11-3-2-4-12(7-11)18-13-6-5-10(9-15)14(16)8-13/h2-8H,9H2,1H3. The van der Waals surface area contributed by atoms with Crippen LogP contribution in [0, 0.1) is 0 Å². The SMILES string of the molecule is COc1cccc(Oc2ccc(CCl)c(Cl)c2)c1. The van der Waals surface area contributed by atoms with Gasteiger partial charge in [-0.2, -0.15) is 0 Å². The molecule has 0 heterocycles. The number of benzene rings is 2. The van der Waals surface area contributed by atoms with Crippen molar-refractivity contribution in [3.63, 3.8) is 0 Å². The number of halogens is 2. The largest absolute Gasteiger partial charge is 0.497 e. The number of methoxy groups -OCH3 is 1. The average molecular weight is 283 g/mol. The van der Waals surface area contributed by atoms with Crippen LogP contribution in [0.5, 0.6) is 17.2 Å². The van der Waals surface area contributed by atoms with Crippen molar-refractivity contribution in [2.75, 3.05) is 7.11 Å². The van der Waals surface area contributed by atoms with E-state index in [9.17, 15) is 0 Å². The lowest BCUT2D eigenvalue weighted by molar-refractivity contribution is 0.409. The molecule has 0 saturated carbocycles. The molecule has 0 spiro atoms. The quantitative estimate of drug-likeness (QED) is 0.744. The summed E-state index contributed by atoms with van der Waals surface area (Å²) < 4.78 is 10.8. The summed E-state index contributed by atoms with van der Waals surface area (Å²) in [6, 6.07) is 12.8. The zero-order valence-corrected chi connectivity index (χ0v) is 11.3. The summed E-state index contributed by atoms with van der Waals surface area (Å²) >= 11 is 11.8. The molecule has 0 aliphatic carbocycles. The molecule has 0 amide bonds. The molecule has 4 heteroatoms. The Morgan fingerprint density at radius 1 is 1.00 bits per heavy atom. The molecule has 0 saturated heterocycles. The van der Waals surface area contributed by atoms with Gasteiger partial charge in [0.15, 0.2) is 0 Å². The van der Waals surface area contributed by atoms with Gasteiger partial charge in [0.2, 0.25) is 0 Å². The fraction of sp³-hybridized carbons (Fsp3) is 0.143. The summed E-state index contributed by atoms with van der Waals surface area (Å²) in [7, 11) is 1.62. The average Bonchev–Trinajstić information content (AvgIpc) is 2.39. The van der Waals surface area contributed by atoms with Crippen molar-refractivity contribution < 1.29 is 9.47 Å². The Labute approximate surface area is 116 Å². The van der Waals surface area contributed by atoms with Crippen molar-refractivity contribution in [2.45, 2.75) is 5.88 Å². The fourth-order valence-electron chi connectivity index (χ4n) is 1.50. The zero-order valence-electron chi connectivity index (χ0n) is 9.82. The van der Waals surface area contributed by atoms with E-state index in [1.165, 1.54) is 0 Å². The van der Waals surface area contributed by atoms with E-state index >= 15 is 0 Å². The van der Waals surface area contributed by atoms with Gasteiger partial charge < -0.3 is 9.47 Å². The molecule has 2 nitrogen and oxygen atoms in total. The minimum Gasteiger partial charge on any atom is -0.497 e. The van der Waals surface area contributed by atoms with Gasteiger partial charge in [0.05, 0.1) is 7.11 Å². The summed E-state index contributed by atoms with van der Waals surface area (Å²) in [6.07, 6.45) is 0. The maximum absolute atomic E-state index is 6.07. The summed E-state index contributed by atoms with van der Waals surface area (Å²) in [5.41, 5.74) is 0.885. The monoisotopic (exact) mass is 282 g/mol. The van der Waals surface area contributed by atoms with E-state index in [0.29, 0.717) is 22.4 Å². The van der Waals surface area contributed by atoms with Crippen LogP contribution in [0.4, 0.5) is 0 Å². The smallest absolute Gasteiger partial charge is 0.131 e. The Kier molecular flexibility index (Phi) is 4.34. The predicted molar refractivity (Wildman–Crippen MR) is 74.1 cm³/mol. The molecule has 0 radical (unpaired) electrons. The van der Waals surface area contributed by atoms with Gasteiger partial charge in [0, 0.05) is 17.0 Å². The first-order chi connectivity index (χ1) is 8.72. The maximum Gasteiger partial charge on any atom is 0.131 e. The number of hydrogen-bond donors (Lipinski definition) is 0. The van der Waals surface area contributed by atoms with Crippen LogP contribution in [0.25, 0.3) is 0 Å². The molecule has 94 valence electrons.